The molecule has 0 fully saturated rings. The Bertz CT molecular complexity index is 1160. The average Bonchev–Trinajstić information content (AvgIpc) is 2.68. The van der Waals surface area contributed by atoms with Crippen molar-refractivity contribution in [2.45, 2.75) is 25.8 Å². The minimum Gasteiger partial charge on any atom is -0.481 e. The van der Waals surface area contributed by atoms with Crippen molar-refractivity contribution in [3.63, 3.8) is 0 Å². The highest BCUT2D eigenvalue weighted by molar-refractivity contribution is 6.42. The normalized spacial score (nSPS) is 12.0. The lowest BCUT2D eigenvalue weighted by Gasteiger charge is -2.16. The first-order chi connectivity index (χ1) is 13.8. The van der Waals surface area contributed by atoms with Crippen LogP contribution in [0.1, 0.15) is 31.4 Å². The van der Waals surface area contributed by atoms with Gasteiger partial charge in [0, 0.05) is 12.1 Å². The van der Waals surface area contributed by atoms with Crippen LogP contribution in [-0.4, -0.2) is 26.5 Å². The number of amides is 1. The number of anilines is 1. The summed E-state index contributed by atoms with van der Waals surface area (Å²) < 4.78 is 1.49. The summed E-state index contributed by atoms with van der Waals surface area (Å²) in [6, 6.07) is 9.60. The lowest BCUT2D eigenvalue weighted by atomic mass is 10.1. The molecule has 1 unspecified atom stereocenters. The van der Waals surface area contributed by atoms with E-state index in [-0.39, 0.29) is 24.4 Å². The van der Waals surface area contributed by atoms with Gasteiger partial charge in [-0.1, -0.05) is 29.3 Å². The van der Waals surface area contributed by atoms with Crippen molar-refractivity contribution < 1.29 is 14.7 Å². The number of rotatable bonds is 6. The number of aromatic nitrogens is 2. The van der Waals surface area contributed by atoms with Crippen molar-refractivity contribution >= 4 is 51.7 Å². The fourth-order valence-electron chi connectivity index (χ4n) is 2.87. The summed E-state index contributed by atoms with van der Waals surface area (Å²) in [7, 11) is 0. The van der Waals surface area contributed by atoms with E-state index in [1.54, 1.807) is 36.4 Å². The number of carbonyl (C=O) groups is 2. The Kier molecular flexibility index (Phi) is 6.20. The standard InChI is InChI=1S/C20H17Cl2N3O4/c1-11(12-2-5-15(21)16(22)8-12)25-10-23-17-9-13(3-4-14(17)20(25)29)24-18(26)6-7-19(27)28/h2-5,8-11H,6-7H2,1H3,(H,24,26)(H,27,28). The minimum atomic E-state index is -1.04. The van der Waals surface area contributed by atoms with E-state index in [2.05, 4.69) is 10.3 Å². The molecule has 0 aliphatic carbocycles. The zero-order valence-corrected chi connectivity index (χ0v) is 16.9. The van der Waals surface area contributed by atoms with Crippen LogP contribution in [0.2, 0.25) is 10.0 Å². The number of hydrogen-bond donors (Lipinski definition) is 2. The summed E-state index contributed by atoms with van der Waals surface area (Å²) in [5.74, 6) is -1.47. The molecule has 0 aliphatic heterocycles. The monoisotopic (exact) mass is 433 g/mol. The van der Waals surface area contributed by atoms with Crippen molar-refractivity contribution in [1.82, 2.24) is 9.55 Å². The zero-order valence-electron chi connectivity index (χ0n) is 15.4. The molecule has 150 valence electrons. The van der Waals surface area contributed by atoms with Crippen LogP contribution >= 0.6 is 23.2 Å². The number of carboxylic acids is 1. The predicted octanol–water partition coefficient (Wildman–Crippen LogP) is 4.12. The highest BCUT2D eigenvalue weighted by atomic mass is 35.5. The Hall–Kier alpha value is -2.90. The smallest absolute Gasteiger partial charge is 0.303 e. The fourth-order valence-corrected chi connectivity index (χ4v) is 3.17. The van der Waals surface area contributed by atoms with Crippen LogP contribution in [0.5, 0.6) is 0 Å². The summed E-state index contributed by atoms with van der Waals surface area (Å²) in [5, 5.41) is 12.5. The molecule has 1 amide bonds. The second-order valence-electron chi connectivity index (χ2n) is 6.48. The first-order valence-corrected chi connectivity index (χ1v) is 9.49. The Balaban J connectivity index is 1.88. The molecule has 0 saturated carbocycles. The molecule has 1 heterocycles. The van der Waals surface area contributed by atoms with Crippen LogP contribution in [0.25, 0.3) is 10.9 Å². The molecule has 29 heavy (non-hydrogen) atoms. The molecule has 2 N–H and O–H groups in total. The summed E-state index contributed by atoms with van der Waals surface area (Å²) in [5.41, 5.74) is 1.43. The third kappa shape index (κ3) is 4.75. The van der Waals surface area contributed by atoms with Crippen LogP contribution in [0.15, 0.2) is 47.5 Å². The second-order valence-corrected chi connectivity index (χ2v) is 7.29. The van der Waals surface area contributed by atoms with Gasteiger partial charge >= 0.3 is 5.97 Å². The van der Waals surface area contributed by atoms with Crippen molar-refractivity contribution in [1.29, 1.82) is 0 Å². The number of halogens is 2. The van der Waals surface area contributed by atoms with Gasteiger partial charge in [-0.3, -0.25) is 19.0 Å². The maximum Gasteiger partial charge on any atom is 0.303 e. The highest BCUT2D eigenvalue weighted by Crippen LogP contribution is 2.27. The van der Waals surface area contributed by atoms with Gasteiger partial charge < -0.3 is 10.4 Å². The lowest BCUT2D eigenvalue weighted by molar-refractivity contribution is -0.138. The molecule has 0 radical (unpaired) electrons. The Morgan fingerprint density at radius 1 is 1.14 bits per heavy atom. The molecule has 0 bridgehead atoms. The number of nitrogens with one attached hydrogen (secondary N) is 1. The molecule has 0 spiro atoms. The quantitative estimate of drug-likeness (QED) is 0.608. The predicted molar refractivity (Wildman–Crippen MR) is 112 cm³/mol. The third-order valence-corrected chi connectivity index (χ3v) is 5.22. The van der Waals surface area contributed by atoms with Crippen LogP contribution in [0.3, 0.4) is 0 Å². The van der Waals surface area contributed by atoms with E-state index in [0.717, 1.165) is 5.56 Å². The molecule has 2 aromatic carbocycles. The zero-order chi connectivity index (χ0) is 21.1. The number of nitrogens with zero attached hydrogens (tertiary/aromatic N) is 2. The Morgan fingerprint density at radius 3 is 2.59 bits per heavy atom. The first kappa shape index (κ1) is 20.8. The number of benzene rings is 2. The molecular weight excluding hydrogens is 417 g/mol. The SMILES string of the molecule is CC(c1ccc(Cl)c(Cl)c1)n1cnc2cc(NC(=O)CCC(=O)O)ccc2c1=O. The third-order valence-electron chi connectivity index (χ3n) is 4.48. The van der Waals surface area contributed by atoms with Gasteiger partial charge in [-0.15, -0.1) is 0 Å². The van der Waals surface area contributed by atoms with E-state index in [9.17, 15) is 14.4 Å². The molecule has 3 aromatic rings. The average molecular weight is 434 g/mol. The van der Waals surface area contributed by atoms with E-state index in [1.807, 2.05) is 6.92 Å². The van der Waals surface area contributed by atoms with E-state index in [0.29, 0.717) is 26.6 Å². The molecule has 9 heteroatoms. The number of fused-ring (bicyclic) bond motifs is 1. The molecule has 1 aromatic heterocycles. The van der Waals surface area contributed by atoms with Crippen molar-refractivity contribution in [3.8, 4) is 0 Å². The van der Waals surface area contributed by atoms with Crippen LogP contribution in [0.4, 0.5) is 5.69 Å². The molecular formula is C20H17Cl2N3O4. The van der Waals surface area contributed by atoms with Gasteiger partial charge in [0.05, 0.1) is 39.7 Å². The summed E-state index contributed by atoms with van der Waals surface area (Å²) >= 11 is 12.0. The Morgan fingerprint density at radius 2 is 1.90 bits per heavy atom. The number of carboxylic acid groups (broad SMARTS) is 1. The van der Waals surface area contributed by atoms with Gasteiger partial charge in [-0.2, -0.15) is 0 Å². The van der Waals surface area contributed by atoms with Gasteiger partial charge in [0.15, 0.2) is 0 Å². The van der Waals surface area contributed by atoms with Crippen molar-refractivity contribution in [2.75, 3.05) is 5.32 Å². The van der Waals surface area contributed by atoms with Crippen molar-refractivity contribution in [3.05, 3.63) is 68.7 Å². The maximum atomic E-state index is 12.9. The van der Waals surface area contributed by atoms with Crippen LogP contribution in [-0.2, 0) is 9.59 Å². The summed E-state index contributed by atoms with van der Waals surface area (Å²) in [4.78, 5) is 39.6. The van der Waals surface area contributed by atoms with Crippen LogP contribution < -0.4 is 10.9 Å². The minimum absolute atomic E-state index is 0.135. The second kappa shape index (κ2) is 8.63. The van der Waals surface area contributed by atoms with Gasteiger partial charge in [0.25, 0.3) is 5.56 Å². The molecule has 0 saturated heterocycles. The summed E-state index contributed by atoms with van der Waals surface area (Å²) in [6.45, 7) is 1.85. The fraction of sp³-hybridized carbons (Fsp3) is 0.200. The van der Waals surface area contributed by atoms with E-state index in [1.165, 1.54) is 10.9 Å². The molecule has 3 rings (SSSR count). The molecule has 0 aliphatic rings. The largest absolute Gasteiger partial charge is 0.481 e. The Labute approximate surface area is 175 Å². The molecule has 7 nitrogen and oxygen atoms in total. The van der Waals surface area contributed by atoms with Crippen LogP contribution in [0, 0.1) is 0 Å². The maximum absolute atomic E-state index is 12.9. The van der Waals surface area contributed by atoms with E-state index >= 15 is 0 Å². The summed E-state index contributed by atoms with van der Waals surface area (Å²) in [6.07, 6.45) is 1.05. The first-order valence-electron chi connectivity index (χ1n) is 8.73. The number of hydrogen-bond acceptors (Lipinski definition) is 4. The van der Waals surface area contributed by atoms with E-state index < -0.39 is 11.9 Å². The van der Waals surface area contributed by atoms with Gasteiger partial charge in [-0.25, -0.2) is 4.98 Å². The molecule has 1 atom stereocenters. The van der Waals surface area contributed by atoms with Crippen molar-refractivity contribution in [2.24, 2.45) is 0 Å². The van der Waals surface area contributed by atoms with E-state index in [4.69, 9.17) is 28.3 Å². The number of aliphatic carboxylic acids is 1. The van der Waals surface area contributed by atoms with Gasteiger partial charge in [-0.05, 0) is 42.8 Å². The highest BCUT2D eigenvalue weighted by Gasteiger charge is 2.14. The lowest BCUT2D eigenvalue weighted by Crippen LogP contribution is -2.24. The topological polar surface area (TPSA) is 101 Å². The van der Waals surface area contributed by atoms with Gasteiger partial charge in [0.2, 0.25) is 5.91 Å². The number of carbonyl (C=O) groups excluding carboxylic acids is 1. The van der Waals surface area contributed by atoms with Gasteiger partial charge in [0.1, 0.15) is 0 Å².